The normalized spacial score (nSPS) is 19.2. The van der Waals surface area contributed by atoms with Crippen LogP contribution < -0.4 is 5.32 Å². The number of aliphatic hydroxyl groups excluding tert-OH is 5. The van der Waals surface area contributed by atoms with E-state index in [9.17, 15) is 35.1 Å². The maximum Gasteiger partial charge on any atom is 0.306 e. The molecule has 8 unspecified atom stereocenters. The second kappa shape index (κ2) is 55.9. The number of nitrogens with one attached hydrogen (secondary N) is 1. The van der Waals surface area contributed by atoms with Gasteiger partial charge in [-0.25, -0.2) is 0 Å². The lowest BCUT2D eigenvalue weighted by atomic mass is 9.99. The predicted molar refractivity (Wildman–Crippen MR) is 329 cm³/mol. The number of carbonyl (C=O) groups excluding carboxylic acids is 2. The molecule has 1 rings (SSSR count). The lowest BCUT2D eigenvalue weighted by Crippen LogP contribution is -2.61. The monoisotopic (exact) mass is 1110 g/mol. The van der Waals surface area contributed by atoms with Crippen LogP contribution in [0.2, 0.25) is 0 Å². The van der Waals surface area contributed by atoms with Crippen molar-refractivity contribution in [3.05, 3.63) is 60.8 Å². The van der Waals surface area contributed by atoms with Crippen LogP contribution >= 0.6 is 0 Å². The molecule has 0 spiro atoms. The number of unbranched alkanes of at least 4 members (excludes halogenated alkanes) is 34. The fourth-order valence-electron chi connectivity index (χ4n) is 10.1. The lowest BCUT2D eigenvalue weighted by molar-refractivity contribution is -0.305. The third-order valence-electron chi connectivity index (χ3n) is 15.4. The number of ether oxygens (including phenoxy) is 3. The van der Waals surface area contributed by atoms with Crippen LogP contribution in [0.15, 0.2) is 60.8 Å². The first-order chi connectivity index (χ1) is 38.7. The van der Waals surface area contributed by atoms with Gasteiger partial charge in [-0.1, -0.05) is 268 Å². The zero-order valence-corrected chi connectivity index (χ0v) is 51.0. The van der Waals surface area contributed by atoms with Gasteiger partial charge < -0.3 is 45.1 Å². The van der Waals surface area contributed by atoms with Crippen molar-refractivity contribution in [1.29, 1.82) is 0 Å². The minimum absolute atomic E-state index is 0.113. The molecule has 1 aliphatic heterocycles. The SMILES string of the molecule is CCCC/C=C\CCCCCCCC(=O)OC1C(OCC(NC(=O)C(O)CCCCCCCCCCCCCCC/C=C\C/C=C\C/C=C\CCCCC)C(O)/C=C/CCCCCCCCCCCCC)OC(CO)C(O)C1O. The number of allylic oxidation sites excluding steroid dienone is 9. The van der Waals surface area contributed by atoms with Crippen molar-refractivity contribution in [2.24, 2.45) is 0 Å². The van der Waals surface area contributed by atoms with Crippen LogP contribution in [0, 0.1) is 0 Å². The Morgan fingerprint density at radius 2 is 0.886 bits per heavy atom. The van der Waals surface area contributed by atoms with E-state index in [1.54, 1.807) is 6.08 Å². The van der Waals surface area contributed by atoms with E-state index >= 15 is 0 Å². The number of hydrogen-bond acceptors (Lipinski definition) is 10. The number of rotatable bonds is 56. The number of amides is 1. The largest absolute Gasteiger partial charge is 0.454 e. The topological polar surface area (TPSA) is 175 Å². The molecular weight excluding hydrogens is 991 g/mol. The van der Waals surface area contributed by atoms with Crippen molar-refractivity contribution < 1.29 is 49.3 Å². The van der Waals surface area contributed by atoms with Crippen LogP contribution in [0.3, 0.4) is 0 Å². The number of hydrogen-bond donors (Lipinski definition) is 6. The molecule has 6 N–H and O–H groups in total. The van der Waals surface area contributed by atoms with E-state index in [0.717, 1.165) is 89.9 Å². The van der Waals surface area contributed by atoms with Gasteiger partial charge >= 0.3 is 5.97 Å². The molecular formula is C68H123NO10. The average Bonchev–Trinajstić information content (AvgIpc) is 3.46. The molecule has 0 saturated carbocycles. The van der Waals surface area contributed by atoms with E-state index in [0.29, 0.717) is 12.8 Å². The van der Waals surface area contributed by atoms with Gasteiger partial charge in [0.25, 0.3) is 0 Å². The van der Waals surface area contributed by atoms with Crippen molar-refractivity contribution in [1.82, 2.24) is 5.32 Å². The first-order valence-corrected chi connectivity index (χ1v) is 33.1. The first-order valence-electron chi connectivity index (χ1n) is 33.1. The van der Waals surface area contributed by atoms with Crippen LogP contribution in [0.5, 0.6) is 0 Å². The summed E-state index contributed by atoms with van der Waals surface area (Å²) >= 11 is 0. The van der Waals surface area contributed by atoms with Gasteiger partial charge in [0.1, 0.15) is 24.4 Å². The number of aliphatic hydroxyl groups is 5. The van der Waals surface area contributed by atoms with Gasteiger partial charge in [0, 0.05) is 6.42 Å². The highest BCUT2D eigenvalue weighted by molar-refractivity contribution is 5.80. The van der Waals surface area contributed by atoms with E-state index < -0.39 is 67.4 Å². The third-order valence-corrected chi connectivity index (χ3v) is 15.4. The summed E-state index contributed by atoms with van der Waals surface area (Å²) < 4.78 is 17.6. The molecule has 460 valence electrons. The standard InChI is InChI=1S/C68H123NO10/c1-4-7-10-13-16-19-22-24-25-26-27-28-29-30-31-32-33-34-35-36-38-41-43-46-49-52-55-61(72)67(76)69-59(60(71)54-51-48-45-42-40-37-23-20-17-14-11-8-5-2)58-77-68-66(65(75)64(74)62(57-70)78-68)79-63(73)56-53-50-47-44-39-21-18-15-12-9-6-3/h15-16,18-19,24-25,27-28,51,54,59-62,64-66,68,70-72,74-75H,4-14,17,20-23,26,29-50,52-53,55-58H2,1-3H3,(H,69,76)/b18-15-,19-16-,25-24-,28-27-,54-51+. The molecule has 1 saturated heterocycles. The smallest absolute Gasteiger partial charge is 0.306 e. The maximum absolute atomic E-state index is 13.5. The molecule has 0 bridgehead atoms. The van der Waals surface area contributed by atoms with Gasteiger partial charge in [-0.15, -0.1) is 0 Å². The van der Waals surface area contributed by atoms with Crippen LogP contribution in [-0.4, -0.2) is 99.6 Å². The van der Waals surface area contributed by atoms with E-state index in [2.05, 4.69) is 74.7 Å². The van der Waals surface area contributed by atoms with Crippen molar-refractivity contribution in [2.45, 2.75) is 346 Å². The van der Waals surface area contributed by atoms with Gasteiger partial charge in [0.2, 0.25) is 5.91 Å². The minimum atomic E-state index is -1.62. The zero-order valence-electron chi connectivity index (χ0n) is 51.0. The molecule has 0 radical (unpaired) electrons. The predicted octanol–water partition coefficient (Wildman–Crippen LogP) is 16.2. The summed E-state index contributed by atoms with van der Waals surface area (Å²) in [7, 11) is 0. The molecule has 1 aliphatic rings. The second-order valence-corrected chi connectivity index (χ2v) is 22.8. The summed E-state index contributed by atoms with van der Waals surface area (Å²) in [5, 5.41) is 57.0. The molecule has 79 heavy (non-hydrogen) atoms. The molecule has 0 aromatic heterocycles. The Labute approximate surface area is 484 Å². The Balaban J connectivity index is 2.58. The van der Waals surface area contributed by atoms with Crippen LogP contribution in [0.25, 0.3) is 0 Å². The minimum Gasteiger partial charge on any atom is -0.454 e. The molecule has 0 aromatic carbocycles. The molecule has 11 heteroatoms. The highest BCUT2D eigenvalue weighted by Gasteiger charge is 2.47. The summed E-state index contributed by atoms with van der Waals surface area (Å²) in [5.74, 6) is -1.20. The fraction of sp³-hybridized carbons (Fsp3) is 0.824. The van der Waals surface area contributed by atoms with Gasteiger partial charge in [0.15, 0.2) is 12.4 Å². The van der Waals surface area contributed by atoms with E-state index in [4.69, 9.17) is 14.2 Å². The van der Waals surface area contributed by atoms with E-state index in [1.807, 2.05) is 6.08 Å². The molecule has 1 heterocycles. The molecule has 0 aromatic rings. The zero-order chi connectivity index (χ0) is 57.5. The maximum atomic E-state index is 13.5. The molecule has 1 fully saturated rings. The highest BCUT2D eigenvalue weighted by atomic mass is 16.7. The second-order valence-electron chi connectivity index (χ2n) is 22.8. The summed E-state index contributed by atoms with van der Waals surface area (Å²) in [5.41, 5.74) is 0. The van der Waals surface area contributed by atoms with Crippen molar-refractivity contribution in [3.8, 4) is 0 Å². The molecule has 1 amide bonds. The first kappa shape index (κ1) is 74.4. The Bertz CT molecular complexity index is 1510. The number of esters is 1. The quantitative estimate of drug-likeness (QED) is 0.0195. The highest BCUT2D eigenvalue weighted by Crippen LogP contribution is 2.26. The van der Waals surface area contributed by atoms with Gasteiger partial charge in [-0.3, -0.25) is 9.59 Å². The van der Waals surface area contributed by atoms with Gasteiger partial charge in [0.05, 0.1) is 25.4 Å². The van der Waals surface area contributed by atoms with Crippen molar-refractivity contribution in [2.75, 3.05) is 13.2 Å². The number of carbonyl (C=O) groups is 2. The molecule has 11 nitrogen and oxygen atoms in total. The lowest BCUT2D eigenvalue weighted by Gasteiger charge is -2.41. The van der Waals surface area contributed by atoms with Crippen molar-refractivity contribution >= 4 is 11.9 Å². The fourth-order valence-corrected chi connectivity index (χ4v) is 10.1. The van der Waals surface area contributed by atoms with Crippen LogP contribution in [0.4, 0.5) is 0 Å². The molecule has 0 aliphatic carbocycles. The Hall–Kier alpha value is -2.64. The van der Waals surface area contributed by atoms with Crippen molar-refractivity contribution in [3.63, 3.8) is 0 Å². The Morgan fingerprint density at radius 1 is 0.494 bits per heavy atom. The Morgan fingerprint density at radius 3 is 1.38 bits per heavy atom. The summed E-state index contributed by atoms with van der Waals surface area (Å²) in [6.45, 7) is 5.73. The molecule has 8 atom stereocenters. The van der Waals surface area contributed by atoms with Crippen LogP contribution in [0.1, 0.15) is 297 Å². The summed E-state index contributed by atoms with van der Waals surface area (Å²) in [6, 6.07) is -1.03. The average molecular weight is 1110 g/mol. The van der Waals surface area contributed by atoms with E-state index in [1.165, 1.54) is 161 Å². The van der Waals surface area contributed by atoms with E-state index in [-0.39, 0.29) is 19.4 Å². The Kier molecular flexibility index (Phi) is 52.6. The summed E-state index contributed by atoms with van der Waals surface area (Å²) in [4.78, 5) is 26.5. The van der Waals surface area contributed by atoms with Crippen LogP contribution in [-0.2, 0) is 23.8 Å². The third kappa shape index (κ3) is 43.7. The van der Waals surface area contributed by atoms with Gasteiger partial charge in [-0.05, 0) is 83.5 Å². The van der Waals surface area contributed by atoms with Gasteiger partial charge in [-0.2, -0.15) is 0 Å². The summed E-state index contributed by atoms with van der Waals surface area (Å²) in [6.07, 6.45) is 59.9.